The smallest absolute Gasteiger partial charge is 0.00149 e. The third-order valence-corrected chi connectivity index (χ3v) is 2.43. The Morgan fingerprint density at radius 1 is 1.33 bits per heavy atom. The molecule has 0 aromatic carbocycles. The minimum Gasteiger partial charge on any atom is -0.316 e. The molecule has 0 amide bonds. The van der Waals surface area contributed by atoms with Crippen molar-refractivity contribution in [1.29, 1.82) is 0 Å². The van der Waals surface area contributed by atoms with Gasteiger partial charge in [0.15, 0.2) is 0 Å². The zero-order valence-electron chi connectivity index (χ0n) is 6.65. The molecule has 9 heavy (non-hydrogen) atoms. The molecule has 0 aromatic rings. The molecule has 0 bridgehead atoms. The van der Waals surface area contributed by atoms with Crippen molar-refractivity contribution in [3.63, 3.8) is 0 Å². The van der Waals surface area contributed by atoms with Gasteiger partial charge in [0.1, 0.15) is 0 Å². The van der Waals surface area contributed by atoms with Crippen molar-refractivity contribution in [3.8, 4) is 0 Å². The standard InChI is InChI=1S/C8H17N/c1-6(2)8-5-9-4-7(8)3/h6-9H,4-5H2,1-3H3/t7-,8-/m1/s1. The summed E-state index contributed by atoms with van der Waals surface area (Å²) in [6.45, 7) is 9.43. The molecule has 1 aliphatic rings. The summed E-state index contributed by atoms with van der Waals surface area (Å²) in [6.07, 6.45) is 0. The monoisotopic (exact) mass is 127 g/mol. The van der Waals surface area contributed by atoms with Gasteiger partial charge in [0.25, 0.3) is 0 Å². The van der Waals surface area contributed by atoms with Gasteiger partial charge in [-0.3, -0.25) is 0 Å². The topological polar surface area (TPSA) is 12.0 Å². The molecular weight excluding hydrogens is 110 g/mol. The van der Waals surface area contributed by atoms with Crippen LogP contribution < -0.4 is 5.32 Å². The van der Waals surface area contributed by atoms with E-state index in [1.807, 2.05) is 0 Å². The molecule has 0 unspecified atom stereocenters. The summed E-state index contributed by atoms with van der Waals surface area (Å²) in [6, 6.07) is 0. The van der Waals surface area contributed by atoms with E-state index in [9.17, 15) is 0 Å². The van der Waals surface area contributed by atoms with Crippen LogP contribution in [0.15, 0.2) is 0 Å². The first-order chi connectivity index (χ1) is 4.22. The van der Waals surface area contributed by atoms with E-state index in [1.54, 1.807) is 0 Å². The van der Waals surface area contributed by atoms with Crippen molar-refractivity contribution < 1.29 is 0 Å². The lowest BCUT2D eigenvalue weighted by atomic mass is 9.88. The second kappa shape index (κ2) is 2.70. The molecule has 0 saturated carbocycles. The SMILES string of the molecule is CC(C)[C@H]1CNC[C@H]1C. The van der Waals surface area contributed by atoms with Gasteiger partial charge < -0.3 is 5.32 Å². The molecule has 2 atom stereocenters. The maximum Gasteiger partial charge on any atom is -0.00149 e. The number of nitrogens with one attached hydrogen (secondary N) is 1. The summed E-state index contributed by atoms with van der Waals surface area (Å²) in [7, 11) is 0. The van der Waals surface area contributed by atoms with E-state index in [-0.39, 0.29) is 0 Å². The first-order valence-corrected chi connectivity index (χ1v) is 3.92. The summed E-state index contributed by atoms with van der Waals surface area (Å²) >= 11 is 0. The van der Waals surface area contributed by atoms with Gasteiger partial charge in [0.2, 0.25) is 0 Å². The third-order valence-electron chi connectivity index (χ3n) is 2.43. The molecule has 54 valence electrons. The van der Waals surface area contributed by atoms with Crippen LogP contribution in [0.5, 0.6) is 0 Å². The average Bonchev–Trinajstić information content (AvgIpc) is 2.13. The Kier molecular flexibility index (Phi) is 2.12. The highest BCUT2D eigenvalue weighted by Crippen LogP contribution is 2.23. The van der Waals surface area contributed by atoms with Gasteiger partial charge in [-0.25, -0.2) is 0 Å². The fraction of sp³-hybridized carbons (Fsp3) is 1.00. The third kappa shape index (κ3) is 1.45. The Hall–Kier alpha value is -0.0400. The van der Waals surface area contributed by atoms with Crippen molar-refractivity contribution in [3.05, 3.63) is 0 Å². The molecular formula is C8H17N. The maximum atomic E-state index is 3.40. The van der Waals surface area contributed by atoms with Crippen LogP contribution >= 0.6 is 0 Å². The molecule has 1 heteroatoms. The van der Waals surface area contributed by atoms with Gasteiger partial charge in [-0.2, -0.15) is 0 Å². The Balaban J connectivity index is 2.40. The van der Waals surface area contributed by atoms with E-state index in [2.05, 4.69) is 26.1 Å². The lowest BCUT2D eigenvalue weighted by molar-refractivity contribution is 0.339. The maximum absolute atomic E-state index is 3.40. The largest absolute Gasteiger partial charge is 0.316 e. The lowest BCUT2D eigenvalue weighted by Crippen LogP contribution is -2.15. The zero-order valence-corrected chi connectivity index (χ0v) is 6.65. The van der Waals surface area contributed by atoms with Crippen LogP contribution in [0.2, 0.25) is 0 Å². The van der Waals surface area contributed by atoms with Gasteiger partial charge >= 0.3 is 0 Å². The Morgan fingerprint density at radius 3 is 2.22 bits per heavy atom. The van der Waals surface area contributed by atoms with Gasteiger partial charge in [0, 0.05) is 0 Å². The Bertz CT molecular complexity index is 88.6. The summed E-state index contributed by atoms with van der Waals surface area (Å²) < 4.78 is 0. The number of hydrogen-bond acceptors (Lipinski definition) is 1. The van der Waals surface area contributed by atoms with Crippen molar-refractivity contribution in [2.24, 2.45) is 17.8 Å². The molecule has 0 radical (unpaired) electrons. The van der Waals surface area contributed by atoms with Crippen LogP contribution in [0.1, 0.15) is 20.8 Å². The van der Waals surface area contributed by atoms with Crippen molar-refractivity contribution in [2.75, 3.05) is 13.1 Å². The molecule has 1 saturated heterocycles. The highest BCUT2D eigenvalue weighted by atomic mass is 14.9. The highest BCUT2D eigenvalue weighted by Gasteiger charge is 2.24. The van der Waals surface area contributed by atoms with Crippen molar-refractivity contribution in [1.82, 2.24) is 5.32 Å². The minimum atomic E-state index is 0.856. The van der Waals surface area contributed by atoms with E-state index in [1.165, 1.54) is 13.1 Å². The van der Waals surface area contributed by atoms with Gasteiger partial charge in [-0.05, 0) is 30.8 Å². The number of hydrogen-bond donors (Lipinski definition) is 1. The quantitative estimate of drug-likeness (QED) is 0.563. The van der Waals surface area contributed by atoms with Gasteiger partial charge in [-0.15, -0.1) is 0 Å². The summed E-state index contributed by atoms with van der Waals surface area (Å²) in [5, 5.41) is 3.40. The van der Waals surface area contributed by atoms with Gasteiger partial charge in [-0.1, -0.05) is 20.8 Å². The predicted octanol–water partition coefficient (Wildman–Crippen LogP) is 1.50. The molecule has 0 aliphatic carbocycles. The average molecular weight is 127 g/mol. The van der Waals surface area contributed by atoms with Gasteiger partial charge in [0.05, 0.1) is 0 Å². The summed E-state index contributed by atoms with van der Waals surface area (Å²) in [4.78, 5) is 0. The molecule has 0 aromatic heterocycles. The Labute approximate surface area is 57.8 Å². The lowest BCUT2D eigenvalue weighted by Gasteiger charge is -2.17. The molecule has 1 N–H and O–H groups in total. The Morgan fingerprint density at radius 2 is 2.00 bits per heavy atom. The zero-order chi connectivity index (χ0) is 6.85. The molecule has 1 heterocycles. The van der Waals surface area contributed by atoms with Crippen LogP contribution in [0.25, 0.3) is 0 Å². The molecule has 1 nitrogen and oxygen atoms in total. The fourth-order valence-electron chi connectivity index (χ4n) is 1.72. The van der Waals surface area contributed by atoms with Crippen molar-refractivity contribution in [2.45, 2.75) is 20.8 Å². The minimum absolute atomic E-state index is 0.856. The van der Waals surface area contributed by atoms with E-state index < -0.39 is 0 Å². The highest BCUT2D eigenvalue weighted by molar-refractivity contribution is 4.79. The molecule has 1 aliphatic heterocycles. The van der Waals surface area contributed by atoms with Crippen LogP contribution in [0.3, 0.4) is 0 Å². The molecule has 1 fully saturated rings. The summed E-state index contributed by atoms with van der Waals surface area (Å²) in [5.41, 5.74) is 0. The normalized spacial score (nSPS) is 36.0. The van der Waals surface area contributed by atoms with Crippen LogP contribution in [-0.4, -0.2) is 13.1 Å². The van der Waals surface area contributed by atoms with E-state index in [4.69, 9.17) is 0 Å². The molecule has 1 rings (SSSR count). The van der Waals surface area contributed by atoms with E-state index >= 15 is 0 Å². The van der Waals surface area contributed by atoms with Crippen LogP contribution in [0, 0.1) is 17.8 Å². The predicted molar refractivity (Wildman–Crippen MR) is 40.4 cm³/mol. The number of rotatable bonds is 1. The van der Waals surface area contributed by atoms with Crippen LogP contribution in [0.4, 0.5) is 0 Å². The summed E-state index contributed by atoms with van der Waals surface area (Å²) in [5.74, 6) is 2.67. The first-order valence-electron chi connectivity index (χ1n) is 3.92. The fourth-order valence-corrected chi connectivity index (χ4v) is 1.72. The van der Waals surface area contributed by atoms with E-state index in [0.717, 1.165) is 17.8 Å². The molecule has 0 spiro atoms. The first kappa shape index (κ1) is 7.07. The second-order valence-corrected chi connectivity index (χ2v) is 3.54. The van der Waals surface area contributed by atoms with Crippen LogP contribution in [-0.2, 0) is 0 Å². The second-order valence-electron chi connectivity index (χ2n) is 3.54. The van der Waals surface area contributed by atoms with Crippen molar-refractivity contribution >= 4 is 0 Å². The van der Waals surface area contributed by atoms with E-state index in [0.29, 0.717) is 0 Å².